The highest BCUT2D eigenvalue weighted by Gasteiger charge is 2.41. The normalized spacial score (nSPS) is 32.1. The SMILES string of the molecule is C[C@@H](NC(=O)N[C@H]1C[C@H]2CC[C@H]1O2)c1csc(C2CC2)n1. The molecule has 4 rings (SSSR count). The summed E-state index contributed by atoms with van der Waals surface area (Å²) in [6.07, 6.45) is 6.27. The van der Waals surface area contributed by atoms with Crippen LogP contribution in [0.4, 0.5) is 4.79 Å². The van der Waals surface area contributed by atoms with E-state index in [-0.39, 0.29) is 24.2 Å². The van der Waals surface area contributed by atoms with Crippen molar-refractivity contribution in [3.05, 3.63) is 16.1 Å². The van der Waals surface area contributed by atoms with Crippen LogP contribution in [-0.4, -0.2) is 29.3 Å². The van der Waals surface area contributed by atoms with Crippen molar-refractivity contribution in [2.45, 2.75) is 69.2 Å². The second-order valence-electron chi connectivity index (χ2n) is 6.44. The number of nitrogens with one attached hydrogen (secondary N) is 2. The van der Waals surface area contributed by atoms with E-state index in [1.807, 2.05) is 6.92 Å². The van der Waals surface area contributed by atoms with Crippen LogP contribution in [0.15, 0.2) is 5.38 Å². The van der Waals surface area contributed by atoms with Crippen LogP contribution in [0, 0.1) is 0 Å². The number of aromatic nitrogens is 1. The lowest BCUT2D eigenvalue weighted by Crippen LogP contribution is -2.46. The standard InChI is InChI=1S/C15H21N3O2S/c1-8(12-7-21-14(17-12)9-2-3-9)16-15(19)18-11-6-10-4-5-13(11)20-10/h7-11,13H,2-6H2,1H3,(H2,16,18,19)/t8-,10-,11+,13-/m1/s1. The number of fused-ring (bicyclic) bond motifs is 2. The molecule has 6 heteroatoms. The van der Waals surface area contributed by atoms with Crippen molar-refractivity contribution in [3.8, 4) is 0 Å². The van der Waals surface area contributed by atoms with Gasteiger partial charge in [0.2, 0.25) is 0 Å². The number of nitrogens with zero attached hydrogens (tertiary/aromatic N) is 1. The number of hydrogen-bond acceptors (Lipinski definition) is 4. The Hall–Kier alpha value is -1.14. The lowest BCUT2D eigenvalue weighted by atomic mass is 9.96. The highest BCUT2D eigenvalue weighted by Crippen LogP contribution is 2.41. The summed E-state index contributed by atoms with van der Waals surface area (Å²) in [7, 11) is 0. The fourth-order valence-corrected chi connectivity index (χ4v) is 4.37. The molecule has 114 valence electrons. The zero-order valence-corrected chi connectivity index (χ0v) is 13.0. The Balaban J connectivity index is 1.30. The number of thiazole rings is 1. The van der Waals surface area contributed by atoms with Crippen LogP contribution in [0.25, 0.3) is 0 Å². The lowest BCUT2D eigenvalue weighted by molar-refractivity contribution is 0.0980. The topological polar surface area (TPSA) is 63.2 Å². The van der Waals surface area contributed by atoms with Crippen molar-refractivity contribution in [1.29, 1.82) is 0 Å². The molecule has 0 aromatic carbocycles. The van der Waals surface area contributed by atoms with E-state index < -0.39 is 0 Å². The van der Waals surface area contributed by atoms with E-state index >= 15 is 0 Å². The third-order valence-corrected chi connectivity index (χ3v) is 5.71. The molecule has 3 aliphatic rings. The van der Waals surface area contributed by atoms with E-state index in [1.165, 1.54) is 17.8 Å². The van der Waals surface area contributed by atoms with Gasteiger partial charge in [0.15, 0.2) is 0 Å². The Kier molecular flexibility index (Phi) is 3.38. The predicted molar refractivity (Wildman–Crippen MR) is 80.5 cm³/mol. The van der Waals surface area contributed by atoms with Crippen molar-refractivity contribution >= 4 is 17.4 Å². The van der Waals surface area contributed by atoms with Crippen LogP contribution in [0.2, 0.25) is 0 Å². The average molecular weight is 307 g/mol. The van der Waals surface area contributed by atoms with Gasteiger partial charge in [-0.05, 0) is 39.0 Å². The fourth-order valence-electron chi connectivity index (χ4n) is 3.29. The maximum Gasteiger partial charge on any atom is 0.315 e. The van der Waals surface area contributed by atoms with Crippen LogP contribution in [0.1, 0.15) is 61.7 Å². The summed E-state index contributed by atoms with van der Waals surface area (Å²) in [4.78, 5) is 16.8. The van der Waals surface area contributed by atoms with E-state index in [9.17, 15) is 4.79 Å². The molecule has 3 heterocycles. The second kappa shape index (κ2) is 5.25. The summed E-state index contributed by atoms with van der Waals surface area (Å²) in [5.74, 6) is 0.677. The van der Waals surface area contributed by atoms with Gasteiger partial charge in [0.05, 0.1) is 35.0 Å². The molecule has 0 unspecified atom stereocenters. The van der Waals surface area contributed by atoms with Gasteiger partial charge in [-0.15, -0.1) is 11.3 Å². The maximum absolute atomic E-state index is 12.1. The first-order valence-electron chi connectivity index (χ1n) is 7.87. The summed E-state index contributed by atoms with van der Waals surface area (Å²) < 4.78 is 5.76. The largest absolute Gasteiger partial charge is 0.373 e. The molecule has 3 fully saturated rings. The van der Waals surface area contributed by atoms with Crippen LogP contribution in [-0.2, 0) is 4.74 Å². The second-order valence-corrected chi connectivity index (χ2v) is 7.33. The first-order valence-corrected chi connectivity index (χ1v) is 8.75. The quantitative estimate of drug-likeness (QED) is 0.899. The molecule has 1 aliphatic carbocycles. The number of rotatable bonds is 4. The number of carbonyl (C=O) groups excluding carboxylic acids is 1. The molecule has 2 amide bonds. The minimum atomic E-state index is -0.107. The van der Waals surface area contributed by atoms with E-state index in [0.29, 0.717) is 12.0 Å². The molecule has 2 aliphatic heterocycles. The number of carbonyl (C=O) groups is 1. The van der Waals surface area contributed by atoms with Crippen LogP contribution < -0.4 is 10.6 Å². The van der Waals surface area contributed by atoms with Gasteiger partial charge < -0.3 is 15.4 Å². The Morgan fingerprint density at radius 3 is 2.95 bits per heavy atom. The minimum absolute atomic E-state index is 0.0479. The zero-order valence-electron chi connectivity index (χ0n) is 12.2. The molecule has 1 saturated carbocycles. The van der Waals surface area contributed by atoms with Crippen LogP contribution in [0.3, 0.4) is 0 Å². The number of hydrogen-bond donors (Lipinski definition) is 2. The molecule has 2 saturated heterocycles. The summed E-state index contributed by atoms with van der Waals surface area (Å²) in [5.41, 5.74) is 0.973. The van der Waals surface area contributed by atoms with Crippen molar-refractivity contribution in [1.82, 2.24) is 15.6 Å². The molecular weight excluding hydrogens is 286 g/mol. The van der Waals surface area contributed by atoms with Crippen molar-refractivity contribution in [3.63, 3.8) is 0 Å². The molecule has 1 aromatic rings. The van der Waals surface area contributed by atoms with Crippen molar-refractivity contribution in [2.75, 3.05) is 0 Å². The smallest absolute Gasteiger partial charge is 0.315 e. The van der Waals surface area contributed by atoms with E-state index in [4.69, 9.17) is 4.74 Å². The molecule has 2 N–H and O–H groups in total. The molecule has 5 nitrogen and oxygen atoms in total. The number of ether oxygens (including phenoxy) is 1. The Bertz CT molecular complexity index is 543. The highest BCUT2D eigenvalue weighted by molar-refractivity contribution is 7.09. The van der Waals surface area contributed by atoms with E-state index in [2.05, 4.69) is 21.0 Å². The monoisotopic (exact) mass is 307 g/mol. The Morgan fingerprint density at radius 2 is 2.29 bits per heavy atom. The van der Waals surface area contributed by atoms with Gasteiger partial charge in [0, 0.05) is 11.3 Å². The summed E-state index contributed by atoms with van der Waals surface area (Å²) in [5, 5.41) is 9.34. The van der Waals surface area contributed by atoms with Gasteiger partial charge >= 0.3 is 6.03 Å². The van der Waals surface area contributed by atoms with Gasteiger partial charge in [-0.3, -0.25) is 0 Å². The third kappa shape index (κ3) is 2.79. The van der Waals surface area contributed by atoms with Gasteiger partial charge in [-0.1, -0.05) is 0 Å². The summed E-state index contributed by atoms with van der Waals surface area (Å²) in [6, 6.07) is 0.0197. The van der Waals surface area contributed by atoms with Gasteiger partial charge in [0.25, 0.3) is 0 Å². The molecule has 2 bridgehead atoms. The lowest BCUT2D eigenvalue weighted by Gasteiger charge is -2.21. The number of amides is 2. The van der Waals surface area contributed by atoms with Crippen LogP contribution in [0.5, 0.6) is 0 Å². The fraction of sp³-hybridized carbons (Fsp3) is 0.733. The molecule has 21 heavy (non-hydrogen) atoms. The Labute approximate surface area is 128 Å². The summed E-state index contributed by atoms with van der Waals surface area (Å²) >= 11 is 1.72. The Morgan fingerprint density at radius 1 is 1.43 bits per heavy atom. The molecular formula is C15H21N3O2S. The molecule has 0 radical (unpaired) electrons. The highest BCUT2D eigenvalue weighted by atomic mass is 32.1. The van der Waals surface area contributed by atoms with Crippen LogP contribution >= 0.6 is 11.3 Å². The number of urea groups is 1. The van der Waals surface area contributed by atoms with Gasteiger partial charge in [-0.25, -0.2) is 9.78 Å². The van der Waals surface area contributed by atoms with Crippen molar-refractivity contribution < 1.29 is 9.53 Å². The summed E-state index contributed by atoms with van der Waals surface area (Å²) in [6.45, 7) is 1.99. The predicted octanol–water partition coefficient (Wildman–Crippen LogP) is 2.70. The van der Waals surface area contributed by atoms with Crippen molar-refractivity contribution in [2.24, 2.45) is 0 Å². The van der Waals surface area contributed by atoms with E-state index in [0.717, 1.165) is 25.0 Å². The van der Waals surface area contributed by atoms with Gasteiger partial charge in [-0.2, -0.15) is 0 Å². The third-order valence-electron chi connectivity index (χ3n) is 4.68. The maximum atomic E-state index is 12.1. The zero-order chi connectivity index (χ0) is 14.4. The molecule has 0 spiro atoms. The first kappa shape index (κ1) is 13.5. The van der Waals surface area contributed by atoms with E-state index in [1.54, 1.807) is 11.3 Å². The molecule has 1 aromatic heterocycles. The average Bonchev–Trinajstić information content (AvgIpc) is 2.90. The first-order chi connectivity index (χ1) is 10.2. The van der Waals surface area contributed by atoms with Gasteiger partial charge in [0.1, 0.15) is 0 Å². The minimum Gasteiger partial charge on any atom is -0.373 e. The molecule has 4 atom stereocenters.